The molecule has 0 spiro atoms. The lowest BCUT2D eigenvalue weighted by molar-refractivity contribution is -0.140. The van der Waals surface area contributed by atoms with Crippen LogP contribution in [0.15, 0.2) is 54.1 Å². The molecule has 2 aromatic carbocycles. The minimum absolute atomic E-state index is 0.0780. The van der Waals surface area contributed by atoms with Crippen LogP contribution in [0.25, 0.3) is 5.76 Å². The molecule has 1 N–H and O–H groups in total. The van der Waals surface area contributed by atoms with Crippen LogP contribution in [0.1, 0.15) is 44.4 Å². The summed E-state index contributed by atoms with van der Waals surface area (Å²) in [6, 6.07) is 13.5. The van der Waals surface area contributed by atoms with Crippen LogP contribution in [0.3, 0.4) is 0 Å². The summed E-state index contributed by atoms with van der Waals surface area (Å²) in [5, 5.41) is 11.5. The highest BCUT2D eigenvalue weighted by molar-refractivity contribution is 6.46. The second-order valence-electron chi connectivity index (χ2n) is 7.86. The number of likely N-dealkylation sites (tertiary alicyclic amines) is 1. The molecule has 6 nitrogen and oxygen atoms in total. The van der Waals surface area contributed by atoms with Crippen LogP contribution in [0.2, 0.25) is 5.02 Å². The molecule has 1 aliphatic heterocycles. The van der Waals surface area contributed by atoms with Gasteiger partial charge in [0.25, 0.3) is 11.7 Å². The van der Waals surface area contributed by atoms with Crippen molar-refractivity contribution in [2.24, 2.45) is 0 Å². The molecule has 0 unspecified atom stereocenters. The van der Waals surface area contributed by atoms with Crippen molar-refractivity contribution in [1.29, 1.82) is 0 Å². The summed E-state index contributed by atoms with van der Waals surface area (Å²) in [6.07, 6.45) is 0.729. The van der Waals surface area contributed by atoms with E-state index >= 15 is 0 Å². The van der Waals surface area contributed by atoms with Gasteiger partial charge in [-0.3, -0.25) is 9.59 Å². The molecule has 176 valence electrons. The van der Waals surface area contributed by atoms with Gasteiger partial charge in [-0.15, -0.1) is 0 Å². The van der Waals surface area contributed by atoms with Gasteiger partial charge in [0.05, 0.1) is 23.2 Å². The first-order valence-corrected chi connectivity index (χ1v) is 11.8. The summed E-state index contributed by atoms with van der Waals surface area (Å²) in [6.45, 7) is 9.60. The van der Waals surface area contributed by atoms with E-state index in [4.69, 9.17) is 16.3 Å². The first kappa shape index (κ1) is 24.8. The van der Waals surface area contributed by atoms with Crippen LogP contribution in [0, 0.1) is 0 Å². The highest BCUT2D eigenvalue weighted by Crippen LogP contribution is 2.40. The maximum atomic E-state index is 13.1. The monoisotopic (exact) mass is 470 g/mol. The zero-order valence-electron chi connectivity index (χ0n) is 19.4. The molecule has 1 aliphatic rings. The number of hydrogen-bond donors (Lipinski definition) is 1. The number of benzene rings is 2. The van der Waals surface area contributed by atoms with Crippen molar-refractivity contribution < 1.29 is 19.4 Å². The van der Waals surface area contributed by atoms with E-state index in [1.54, 1.807) is 23.1 Å². The average molecular weight is 471 g/mol. The van der Waals surface area contributed by atoms with E-state index < -0.39 is 17.7 Å². The van der Waals surface area contributed by atoms with Crippen LogP contribution < -0.4 is 4.74 Å². The summed E-state index contributed by atoms with van der Waals surface area (Å²) in [5.74, 6) is -1.03. The molecule has 1 fully saturated rings. The molecular formula is C26H31ClN2O4. The zero-order valence-corrected chi connectivity index (χ0v) is 20.1. The Morgan fingerprint density at radius 3 is 2.39 bits per heavy atom. The molecule has 33 heavy (non-hydrogen) atoms. The highest BCUT2D eigenvalue weighted by Gasteiger charge is 2.45. The largest absolute Gasteiger partial charge is 0.507 e. The Balaban J connectivity index is 2.01. The third-order valence-corrected chi connectivity index (χ3v) is 6.22. The Morgan fingerprint density at radius 1 is 1.09 bits per heavy atom. The predicted molar refractivity (Wildman–Crippen MR) is 130 cm³/mol. The van der Waals surface area contributed by atoms with Gasteiger partial charge in [0.1, 0.15) is 11.5 Å². The predicted octanol–water partition coefficient (Wildman–Crippen LogP) is 4.89. The van der Waals surface area contributed by atoms with Gasteiger partial charge < -0.3 is 19.6 Å². The fourth-order valence-electron chi connectivity index (χ4n) is 4.17. The number of halogens is 1. The van der Waals surface area contributed by atoms with Gasteiger partial charge in [-0.2, -0.15) is 0 Å². The number of ether oxygens (including phenoxy) is 1. The van der Waals surface area contributed by atoms with E-state index in [0.29, 0.717) is 29.5 Å². The number of Topliss-reactive ketones (excluding diaryl/α,β-unsaturated/α-hetero) is 1. The fraction of sp³-hybridized carbons (Fsp3) is 0.385. The van der Waals surface area contributed by atoms with Crippen molar-refractivity contribution in [3.8, 4) is 5.75 Å². The smallest absolute Gasteiger partial charge is 0.295 e. The molecule has 0 saturated carbocycles. The number of ketones is 1. The summed E-state index contributed by atoms with van der Waals surface area (Å²) in [7, 11) is 0. The standard InChI is InChI=1S/C26H31ClN2O4/c1-4-28(5-2)15-10-16-29-23(18-11-8-7-9-12-18)22(25(31)26(29)32)24(30)19-13-14-21(33-6-3)20(27)17-19/h7-9,11-14,17,23,30H,4-6,10,15-16H2,1-3H3/b24-22+/t23-/m1/s1. The Hall–Kier alpha value is -2.83. The highest BCUT2D eigenvalue weighted by atomic mass is 35.5. The second-order valence-corrected chi connectivity index (χ2v) is 8.27. The van der Waals surface area contributed by atoms with Crippen molar-refractivity contribution in [3.05, 3.63) is 70.3 Å². The third kappa shape index (κ3) is 5.40. The summed E-state index contributed by atoms with van der Waals surface area (Å²) >= 11 is 6.31. The van der Waals surface area contributed by atoms with Crippen molar-refractivity contribution in [3.63, 3.8) is 0 Å². The van der Waals surface area contributed by atoms with Crippen molar-refractivity contribution in [1.82, 2.24) is 9.80 Å². The molecular weight excluding hydrogens is 440 g/mol. The molecule has 7 heteroatoms. The molecule has 0 aromatic heterocycles. The molecule has 0 radical (unpaired) electrons. The van der Waals surface area contributed by atoms with Crippen molar-refractivity contribution in [2.75, 3.05) is 32.8 Å². The SMILES string of the molecule is CCOc1ccc(/C(O)=C2\C(=O)C(=O)N(CCCN(CC)CC)[C@@H]2c2ccccc2)cc1Cl. The quantitative estimate of drug-likeness (QED) is 0.304. The van der Waals surface area contributed by atoms with Gasteiger partial charge in [0.15, 0.2) is 0 Å². The van der Waals surface area contributed by atoms with Gasteiger partial charge in [-0.25, -0.2) is 0 Å². The minimum atomic E-state index is -0.686. The Bertz CT molecular complexity index is 1020. The lowest BCUT2D eigenvalue weighted by Crippen LogP contribution is -2.33. The number of carbonyl (C=O) groups excluding carboxylic acids is 2. The Labute approximate surface area is 200 Å². The third-order valence-electron chi connectivity index (χ3n) is 5.93. The number of nitrogens with zero attached hydrogens (tertiary/aromatic N) is 2. The summed E-state index contributed by atoms with van der Waals surface area (Å²) in [5.41, 5.74) is 1.22. The number of aliphatic hydroxyl groups excluding tert-OH is 1. The first-order valence-electron chi connectivity index (χ1n) is 11.4. The maximum Gasteiger partial charge on any atom is 0.295 e. The molecule has 3 rings (SSSR count). The first-order chi connectivity index (χ1) is 15.9. The van der Waals surface area contributed by atoms with Crippen molar-refractivity contribution >= 4 is 29.1 Å². The van der Waals surface area contributed by atoms with Gasteiger partial charge in [-0.1, -0.05) is 55.8 Å². The number of aliphatic hydroxyl groups is 1. The van der Waals surface area contributed by atoms with Crippen LogP contribution in [0.4, 0.5) is 0 Å². The van der Waals surface area contributed by atoms with E-state index in [0.717, 1.165) is 31.6 Å². The molecule has 1 heterocycles. The van der Waals surface area contributed by atoms with Crippen LogP contribution in [0.5, 0.6) is 5.75 Å². The zero-order chi connectivity index (χ0) is 24.0. The normalized spacial score (nSPS) is 17.7. The molecule has 1 amide bonds. The Kier molecular flexibility index (Phi) is 8.53. The van der Waals surface area contributed by atoms with Gasteiger partial charge >= 0.3 is 0 Å². The maximum absolute atomic E-state index is 13.1. The average Bonchev–Trinajstić information content (AvgIpc) is 3.08. The lowest BCUT2D eigenvalue weighted by atomic mass is 9.95. The lowest BCUT2D eigenvalue weighted by Gasteiger charge is -2.26. The van der Waals surface area contributed by atoms with Gasteiger partial charge in [0.2, 0.25) is 0 Å². The Morgan fingerprint density at radius 2 is 1.79 bits per heavy atom. The second kappa shape index (κ2) is 11.3. The molecule has 1 saturated heterocycles. The van der Waals surface area contributed by atoms with E-state index in [1.807, 2.05) is 37.3 Å². The van der Waals surface area contributed by atoms with Gasteiger partial charge in [-0.05, 0) is 56.7 Å². The number of rotatable bonds is 10. The number of carbonyl (C=O) groups is 2. The summed E-state index contributed by atoms with van der Waals surface area (Å²) < 4.78 is 5.46. The van der Waals surface area contributed by atoms with Crippen LogP contribution >= 0.6 is 11.6 Å². The van der Waals surface area contributed by atoms with Crippen LogP contribution in [-0.2, 0) is 9.59 Å². The molecule has 2 aromatic rings. The van der Waals surface area contributed by atoms with E-state index in [9.17, 15) is 14.7 Å². The molecule has 0 aliphatic carbocycles. The van der Waals surface area contributed by atoms with E-state index in [-0.39, 0.29) is 11.3 Å². The van der Waals surface area contributed by atoms with Gasteiger partial charge in [0, 0.05) is 12.1 Å². The summed E-state index contributed by atoms with van der Waals surface area (Å²) in [4.78, 5) is 30.0. The van der Waals surface area contributed by atoms with E-state index in [2.05, 4.69) is 18.7 Å². The van der Waals surface area contributed by atoms with Crippen LogP contribution in [-0.4, -0.2) is 59.4 Å². The molecule has 1 atom stereocenters. The number of hydrogen-bond acceptors (Lipinski definition) is 5. The topological polar surface area (TPSA) is 70.1 Å². The van der Waals surface area contributed by atoms with Crippen molar-refractivity contribution in [2.45, 2.75) is 33.2 Å². The molecule has 0 bridgehead atoms. The fourth-order valence-corrected chi connectivity index (χ4v) is 4.41. The number of amides is 1. The minimum Gasteiger partial charge on any atom is -0.507 e. The van der Waals surface area contributed by atoms with E-state index in [1.165, 1.54) is 0 Å².